The average molecular weight is 287 g/mol. The fourth-order valence-corrected chi connectivity index (χ4v) is 2.72. The second kappa shape index (κ2) is 7.38. The highest BCUT2D eigenvalue weighted by molar-refractivity contribution is 5.81. The molecule has 0 aliphatic rings. The van der Waals surface area contributed by atoms with Gasteiger partial charge in [-0.1, -0.05) is 18.2 Å². The number of nitrogens with zero attached hydrogens (tertiary/aromatic N) is 2. The Hall–Kier alpha value is -1.65. The number of para-hydroxylation sites is 1. The van der Waals surface area contributed by atoms with Crippen LogP contribution in [0.5, 0.6) is 0 Å². The smallest absolute Gasteiger partial charge is 0.134 e. The molecule has 0 bridgehead atoms. The van der Waals surface area contributed by atoms with E-state index in [1.165, 1.54) is 10.9 Å². The van der Waals surface area contributed by atoms with Gasteiger partial charge in [-0.2, -0.15) is 0 Å². The third-order valence-corrected chi connectivity index (χ3v) is 3.70. The molecule has 1 heterocycles. The van der Waals surface area contributed by atoms with Gasteiger partial charge >= 0.3 is 0 Å². The Morgan fingerprint density at radius 3 is 2.76 bits per heavy atom. The van der Waals surface area contributed by atoms with Crippen LogP contribution in [0.15, 0.2) is 30.3 Å². The molecular formula is C17H25N3O. The maximum Gasteiger partial charge on any atom is 0.134 e. The van der Waals surface area contributed by atoms with Gasteiger partial charge in [0.25, 0.3) is 0 Å². The van der Waals surface area contributed by atoms with Gasteiger partial charge in [0.05, 0.1) is 18.2 Å². The van der Waals surface area contributed by atoms with Gasteiger partial charge < -0.3 is 15.0 Å². The lowest BCUT2D eigenvalue weighted by Gasteiger charge is -2.30. The predicted molar refractivity (Wildman–Crippen MR) is 88.9 cm³/mol. The van der Waals surface area contributed by atoms with Crippen molar-refractivity contribution in [3.63, 3.8) is 0 Å². The third-order valence-electron chi connectivity index (χ3n) is 3.70. The van der Waals surface area contributed by atoms with E-state index in [0.29, 0.717) is 12.6 Å². The minimum Gasteiger partial charge on any atom is -0.383 e. The van der Waals surface area contributed by atoms with Crippen LogP contribution >= 0.6 is 0 Å². The van der Waals surface area contributed by atoms with E-state index in [-0.39, 0.29) is 0 Å². The molecule has 1 aromatic carbocycles. The van der Waals surface area contributed by atoms with Gasteiger partial charge in [0.1, 0.15) is 5.82 Å². The van der Waals surface area contributed by atoms with Crippen LogP contribution in [-0.4, -0.2) is 38.3 Å². The van der Waals surface area contributed by atoms with Crippen molar-refractivity contribution in [3.8, 4) is 0 Å². The molecule has 0 saturated carbocycles. The molecule has 1 aromatic heterocycles. The molecule has 0 radical (unpaired) electrons. The van der Waals surface area contributed by atoms with Gasteiger partial charge in [-0.3, -0.25) is 0 Å². The molecule has 21 heavy (non-hydrogen) atoms. The Balaban J connectivity index is 2.50. The van der Waals surface area contributed by atoms with Crippen molar-refractivity contribution in [2.45, 2.75) is 26.4 Å². The molecule has 2 rings (SSSR count). The molecule has 0 aliphatic heterocycles. The van der Waals surface area contributed by atoms with Crippen LogP contribution in [0.4, 0.5) is 5.82 Å². The van der Waals surface area contributed by atoms with E-state index in [1.807, 2.05) is 13.1 Å². The van der Waals surface area contributed by atoms with Gasteiger partial charge in [-0.05, 0) is 33.0 Å². The summed E-state index contributed by atoms with van der Waals surface area (Å²) in [6.45, 7) is 6.75. The number of hydrogen-bond donors (Lipinski definition) is 1. The topological polar surface area (TPSA) is 37.4 Å². The van der Waals surface area contributed by atoms with E-state index in [9.17, 15) is 0 Å². The van der Waals surface area contributed by atoms with Crippen molar-refractivity contribution in [2.24, 2.45) is 0 Å². The third kappa shape index (κ3) is 3.52. The number of pyridine rings is 1. The normalized spacial score (nSPS) is 12.6. The second-order valence-corrected chi connectivity index (χ2v) is 5.28. The quantitative estimate of drug-likeness (QED) is 0.849. The molecule has 0 fully saturated rings. The standard InChI is InChI=1S/C17H25N3O/c1-5-20(13(2)12-21-4)17-15(11-18-3)10-14-8-6-7-9-16(14)19-17/h6-10,13,18H,5,11-12H2,1-4H3. The lowest BCUT2D eigenvalue weighted by Crippen LogP contribution is -2.37. The number of benzene rings is 1. The van der Waals surface area contributed by atoms with Gasteiger partial charge in [0.2, 0.25) is 0 Å². The fraction of sp³-hybridized carbons (Fsp3) is 0.471. The highest BCUT2D eigenvalue weighted by Crippen LogP contribution is 2.25. The minimum absolute atomic E-state index is 0.296. The van der Waals surface area contributed by atoms with Crippen LogP contribution in [0.25, 0.3) is 10.9 Å². The van der Waals surface area contributed by atoms with E-state index >= 15 is 0 Å². The minimum atomic E-state index is 0.296. The number of nitrogens with one attached hydrogen (secondary N) is 1. The number of likely N-dealkylation sites (N-methyl/N-ethyl adjacent to an activating group) is 1. The van der Waals surface area contributed by atoms with Gasteiger partial charge in [-0.25, -0.2) is 4.98 Å². The average Bonchev–Trinajstić information content (AvgIpc) is 2.49. The summed E-state index contributed by atoms with van der Waals surface area (Å²) in [7, 11) is 3.71. The summed E-state index contributed by atoms with van der Waals surface area (Å²) in [4.78, 5) is 7.21. The molecule has 0 aliphatic carbocycles. The molecule has 1 atom stereocenters. The second-order valence-electron chi connectivity index (χ2n) is 5.28. The van der Waals surface area contributed by atoms with Crippen molar-refractivity contribution < 1.29 is 4.74 Å². The van der Waals surface area contributed by atoms with Crippen molar-refractivity contribution in [1.82, 2.24) is 10.3 Å². The summed E-state index contributed by atoms with van der Waals surface area (Å²) in [6, 6.07) is 10.8. The van der Waals surface area contributed by atoms with Crippen molar-refractivity contribution in [1.29, 1.82) is 0 Å². The van der Waals surface area contributed by atoms with E-state index in [2.05, 4.69) is 48.3 Å². The maximum absolute atomic E-state index is 5.31. The van der Waals surface area contributed by atoms with Gasteiger partial charge in [0, 0.05) is 31.1 Å². The molecule has 4 heteroatoms. The fourth-order valence-electron chi connectivity index (χ4n) is 2.72. The van der Waals surface area contributed by atoms with Crippen LogP contribution < -0.4 is 10.2 Å². The lowest BCUT2D eigenvalue weighted by atomic mass is 10.1. The molecule has 114 valence electrons. The maximum atomic E-state index is 5.31. The largest absolute Gasteiger partial charge is 0.383 e. The zero-order chi connectivity index (χ0) is 15.2. The molecule has 2 aromatic rings. The summed E-state index contributed by atoms with van der Waals surface area (Å²) in [5, 5.41) is 4.42. The number of hydrogen-bond acceptors (Lipinski definition) is 4. The zero-order valence-corrected chi connectivity index (χ0v) is 13.4. The first kappa shape index (κ1) is 15.7. The molecular weight excluding hydrogens is 262 g/mol. The monoisotopic (exact) mass is 287 g/mol. The molecule has 0 spiro atoms. The Labute approximate surface area is 127 Å². The number of methoxy groups -OCH3 is 1. The Morgan fingerprint density at radius 2 is 2.10 bits per heavy atom. The molecule has 4 nitrogen and oxygen atoms in total. The van der Waals surface area contributed by atoms with Crippen LogP contribution in [0, 0.1) is 0 Å². The van der Waals surface area contributed by atoms with Crippen LogP contribution in [0.3, 0.4) is 0 Å². The van der Waals surface area contributed by atoms with E-state index < -0.39 is 0 Å². The SMILES string of the molecule is CCN(c1nc2ccccc2cc1CNC)C(C)COC. The van der Waals surface area contributed by atoms with E-state index in [0.717, 1.165) is 24.4 Å². The highest BCUT2D eigenvalue weighted by atomic mass is 16.5. The number of rotatable bonds is 7. The molecule has 0 saturated heterocycles. The lowest BCUT2D eigenvalue weighted by molar-refractivity contribution is 0.181. The van der Waals surface area contributed by atoms with Crippen LogP contribution in [0.2, 0.25) is 0 Å². The summed E-state index contributed by atoms with van der Waals surface area (Å²) in [6.07, 6.45) is 0. The summed E-state index contributed by atoms with van der Waals surface area (Å²) in [5.74, 6) is 1.05. The Bertz CT molecular complexity index is 585. The first-order valence-corrected chi connectivity index (χ1v) is 7.50. The first-order chi connectivity index (χ1) is 10.2. The first-order valence-electron chi connectivity index (χ1n) is 7.50. The van der Waals surface area contributed by atoms with Crippen molar-refractivity contribution in [2.75, 3.05) is 32.2 Å². The zero-order valence-electron chi connectivity index (χ0n) is 13.4. The van der Waals surface area contributed by atoms with Gasteiger partial charge in [0.15, 0.2) is 0 Å². The number of fused-ring (bicyclic) bond motifs is 1. The van der Waals surface area contributed by atoms with E-state index in [4.69, 9.17) is 9.72 Å². The Morgan fingerprint density at radius 1 is 1.33 bits per heavy atom. The van der Waals surface area contributed by atoms with Crippen LogP contribution in [0.1, 0.15) is 19.4 Å². The summed E-state index contributed by atoms with van der Waals surface area (Å²) in [5.41, 5.74) is 2.26. The molecule has 1 unspecified atom stereocenters. The van der Waals surface area contributed by atoms with Gasteiger partial charge in [-0.15, -0.1) is 0 Å². The van der Waals surface area contributed by atoms with E-state index in [1.54, 1.807) is 7.11 Å². The molecule has 0 amide bonds. The summed E-state index contributed by atoms with van der Waals surface area (Å²) >= 11 is 0. The Kier molecular flexibility index (Phi) is 5.53. The number of ether oxygens (including phenoxy) is 1. The highest BCUT2D eigenvalue weighted by Gasteiger charge is 2.18. The predicted octanol–water partition coefficient (Wildman–Crippen LogP) is 2.82. The van der Waals surface area contributed by atoms with Crippen molar-refractivity contribution in [3.05, 3.63) is 35.9 Å². The number of anilines is 1. The van der Waals surface area contributed by atoms with Crippen molar-refractivity contribution >= 4 is 16.7 Å². The van der Waals surface area contributed by atoms with Crippen LogP contribution in [-0.2, 0) is 11.3 Å². The summed E-state index contributed by atoms with van der Waals surface area (Å²) < 4.78 is 5.31. The number of aromatic nitrogens is 1. The molecule has 1 N–H and O–H groups in total.